The molecule has 0 amide bonds. The highest BCUT2D eigenvalue weighted by Crippen LogP contribution is 2.28. The van der Waals surface area contributed by atoms with Gasteiger partial charge in [0.05, 0.1) is 0 Å². The summed E-state index contributed by atoms with van der Waals surface area (Å²) in [5.74, 6) is 1.54. The Labute approximate surface area is 92.4 Å². The zero-order valence-electron chi connectivity index (χ0n) is 9.92. The fourth-order valence-corrected chi connectivity index (χ4v) is 2.49. The van der Waals surface area contributed by atoms with Gasteiger partial charge in [-0.15, -0.1) is 0 Å². The molecule has 1 aliphatic rings. The van der Waals surface area contributed by atoms with E-state index in [-0.39, 0.29) is 5.78 Å². The molecule has 0 aliphatic heterocycles. The van der Waals surface area contributed by atoms with E-state index in [4.69, 9.17) is 0 Å². The zero-order chi connectivity index (χ0) is 11.3. The van der Waals surface area contributed by atoms with Crippen molar-refractivity contribution in [2.24, 2.45) is 11.8 Å². The van der Waals surface area contributed by atoms with Crippen LogP contribution in [0.3, 0.4) is 0 Å². The summed E-state index contributed by atoms with van der Waals surface area (Å²) in [6, 6.07) is 0. The predicted octanol–water partition coefficient (Wildman–Crippen LogP) is 3.14. The smallest absolute Gasteiger partial charge is 0.135 e. The molecule has 0 aromatic heterocycles. The molecule has 2 heteroatoms. The molecule has 0 radical (unpaired) electrons. The van der Waals surface area contributed by atoms with E-state index >= 15 is 0 Å². The van der Waals surface area contributed by atoms with Gasteiger partial charge in [0.15, 0.2) is 0 Å². The van der Waals surface area contributed by atoms with Crippen LogP contribution in [0.2, 0.25) is 0 Å². The standard InChI is InChI=1S/C13H22O2/c1-3-11(9-10(2)14)7-8-12-5-4-6-13(12)15/h11-12H,3-9H2,1-2H3. The number of hydrogen-bond acceptors (Lipinski definition) is 2. The second-order valence-corrected chi connectivity index (χ2v) is 4.81. The van der Waals surface area contributed by atoms with Crippen LogP contribution < -0.4 is 0 Å². The number of carbonyl (C=O) groups excluding carboxylic acids is 2. The van der Waals surface area contributed by atoms with E-state index < -0.39 is 0 Å². The molecule has 0 aromatic rings. The summed E-state index contributed by atoms with van der Waals surface area (Å²) in [4.78, 5) is 22.4. The Bertz CT molecular complexity index is 233. The number of ketones is 2. The highest BCUT2D eigenvalue weighted by molar-refractivity contribution is 5.82. The number of Topliss-reactive ketones (excluding diaryl/α,β-unsaturated/α-hetero) is 2. The van der Waals surface area contributed by atoms with Crippen LogP contribution in [-0.2, 0) is 9.59 Å². The van der Waals surface area contributed by atoms with Crippen molar-refractivity contribution in [2.75, 3.05) is 0 Å². The average molecular weight is 210 g/mol. The first-order chi connectivity index (χ1) is 7.13. The minimum absolute atomic E-state index is 0.277. The highest BCUT2D eigenvalue weighted by atomic mass is 16.1. The molecule has 2 unspecified atom stereocenters. The summed E-state index contributed by atoms with van der Waals surface area (Å²) in [5.41, 5.74) is 0. The van der Waals surface area contributed by atoms with Crippen molar-refractivity contribution in [2.45, 2.75) is 58.8 Å². The van der Waals surface area contributed by atoms with Gasteiger partial charge in [-0.25, -0.2) is 0 Å². The van der Waals surface area contributed by atoms with E-state index in [1.54, 1.807) is 6.92 Å². The number of hydrogen-bond donors (Lipinski definition) is 0. The van der Waals surface area contributed by atoms with Crippen molar-refractivity contribution < 1.29 is 9.59 Å². The maximum absolute atomic E-state index is 11.4. The molecule has 0 bridgehead atoms. The SMILES string of the molecule is CCC(CCC1CCCC1=O)CC(C)=O. The average Bonchev–Trinajstić information content (AvgIpc) is 2.58. The van der Waals surface area contributed by atoms with Crippen molar-refractivity contribution in [3.05, 3.63) is 0 Å². The van der Waals surface area contributed by atoms with Gasteiger partial charge in [-0.2, -0.15) is 0 Å². The second-order valence-electron chi connectivity index (χ2n) is 4.81. The summed E-state index contributed by atoms with van der Waals surface area (Å²) in [5, 5.41) is 0. The Balaban J connectivity index is 2.27. The van der Waals surface area contributed by atoms with Crippen molar-refractivity contribution in [1.82, 2.24) is 0 Å². The van der Waals surface area contributed by atoms with Gasteiger partial charge in [0.2, 0.25) is 0 Å². The Morgan fingerprint density at radius 3 is 2.73 bits per heavy atom. The Hall–Kier alpha value is -0.660. The molecule has 2 nitrogen and oxygen atoms in total. The lowest BCUT2D eigenvalue weighted by molar-refractivity contribution is -0.120. The minimum atomic E-state index is 0.277. The van der Waals surface area contributed by atoms with Crippen LogP contribution in [0, 0.1) is 11.8 Å². The molecule has 1 saturated carbocycles. The molecule has 1 fully saturated rings. The Kier molecular flexibility index (Phi) is 5.00. The Morgan fingerprint density at radius 1 is 1.53 bits per heavy atom. The van der Waals surface area contributed by atoms with Crippen LogP contribution in [0.5, 0.6) is 0 Å². The van der Waals surface area contributed by atoms with Gasteiger partial charge in [0, 0.05) is 18.8 Å². The van der Waals surface area contributed by atoms with Gasteiger partial charge in [-0.3, -0.25) is 4.79 Å². The number of rotatable bonds is 6. The summed E-state index contributed by atoms with van der Waals surface area (Å²) < 4.78 is 0. The first-order valence-electron chi connectivity index (χ1n) is 6.15. The maximum Gasteiger partial charge on any atom is 0.135 e. The topological polar surface area (TPSA) is 34.1 Å². The molecular formula is C13H22O2. The predicted molar refractivity (Wildman–Crippen MR) is 60.7 cm³/mol. The molecule has 0 N–H and O–H groups in total. The van der Waals surface area contributed by atoms with E-state index in [1.165, 1.54) is 0 Å². The number of carbonyl (C=O) groups is 2. The third-order valence-corrected chi connectivity index (χ3v) is 3.51. The van der Waals surface area contributed by atoms with Crippen molar-refractivity contribution in [3.63, 3.8) is 0 Å². The fraction of sp³-hybridized carbons (Fsp3) is 0.846. The molecular weight excluding hydrogens is 188 g/mol. The first-order valence-corrected chi connectivity index (χ1v) is 6.15. The van der Waals surface area contributed by atoms with Gasteiger partial charge in [0.25, 0.3) is 0 Å². The maximum atomic E-state index is 11.4. The lowest BCUT2D eigenvalue weighted by Crippen LogP contribution is -2.11. The quantitative estimate of drug-likeness (QED) is 0.675. The Morgan fingerprint density at radius 2 is 2.27 bits per heavy atom. The molecule has 1 rings (SSSR count). The summed E-state index contributed by atoms with van der Waals surface area (Å²) in [7, 11) is 0. The van der Waals surface area contributed by atoms with Crippen LogP contribution in [0.4, 0.5) is 0 Å². The second kappa shape index (κ2) is 6.04. The highest BCUT2D eigenvalue weighted by Gasteiger charge is 2.24. The van der Waals surface area contributed by atoms with Gasteiger partial charge in [-0.1, -0.05) is 13.3 Å². The monoisotopic (exact) mass is 210 g/mol. The fourth-order valence-electron chi connectivity index (χ4n) is 2.49. The molecule has 0 aromatic carbocycles. The molecule has 0 spiro atoms. The van der Waals surface area contributed by atoms with Crippen molar-refractivity contribution >= 4 is 11.6 Å². The van der Waals surface area contributed by atoms with E-state index in [1.807, 2.05) is 0 Å². The van der Waals surface area contributed by atoms with Crippen LogP contribution in [-0.4, -0.2) is 11.6 Å². The zero-order valence-corrected chi connectivity index (χ0v) is 9.92. The van der Waals surface area contributed by atoms with Crippen LogP contribution in [0.25, 0.3) is 0 Å². The minimum Gasteiger partial charge on any atom is -0.300 e. The molecule has 2 atom stereocenters. The van der Waals surface area contributed by atoms with E-state index in [0.29, 0.717) is 24.0 Å². The van der Waals surface area contributed by atoms with Crippen molar-refractivity contribution in [1.29, 1.82) is 0 Å². The largest absolute Gasteiger partial charge is 0.300 e. The van der Waals surface area contributed by atoms with Gasteiger partial charge < -0.3 is 4.79 Å². The molecule has 0 saturated heterocycles. The van der Waals surface area contributed by atoms with Gasteiger partial charge >= 0.3 is 0 Å². The van der Waals surface area contributed by atoms with Crippen molar-refractivity contribution in [3.8, 4) is 0 Å². The first kappa shape index (κ1) is 12.4. The lowest BCUT2D eigenvalue weighted by atomic mass is 9.90. The van der Waals surface area contributed by atoms with E-state index in [9.17, 15) is 9.59 Å². The molecule has 86 valence electrons. The van der Waals surface area contributed by atoms with E-state index in [2.05, 4.69) is 6.92 Å². The lowest BCUT2D eigenvalue weighted by Gasteiger charge is -2.15. The summed E-state index contributed by atoms with van der Waals surface area (Å²) in [6.07, 6.45) is 6.74. The molecule has 1 aliphatic carbocycles. The van der Waals surface area contributed by atoms with Gasteiger partial charge in [-0.05, 0) is 38.5 Å². The normalized spacial score (nSPS) is 23.1. The summed E-state index contributed by atoms with van der Waals surface area (Å²) in [6.45, 7) is 3.79. The summed E-state index contributed by atoms with van der Waals surface area (Å²) >= 11 is 0. The van der Waals surface area contributed by atoms with Crippen LogP contribution >= 0.6 is 0 Å². The van der Waals surface area contributed by atoms with Gasteiger partial charge in [0.1, 0.15) is 11.6 Å². The molecule has 0 heterocycles. The van der Waals surface area contributed by atoms with Crippen LogP contribution in [0.1, 0.15) is 58.8 Å². The van der Waals surface area contributed by atoms with Crippen LogP contribution in [0.15, 0.2) is 0 Å². The third-order valence-electron chi connectivity index (χ3n) is 3.51. The molecule has 15 heavy (non-hydrogen) atoms. The van der Waals surface area contributed by atoms with E-state index in [0.717, 1.165) is 38.5 Å². The third kappa shape index (κ3) is 4.15.